The smallest absolute Gasteiger partial charge is 0.0459 e. The summed E-state index contributed by atoms with van der Waals surface area (Å²) in [6, 6.07) is 8.79. The molecule has 3 rings (SSSR count). The van der Waals surface area contributed by atoms with Crippen molar-refractivity contribution in [1.29, 1.82) is 0 Å². The SMILES string of the molecule is CCCC(C)C1CCCc2c1[nH]c1ccccc21. The van der Waals surface area contributed by atoms with Crippen molar-refractivity contribution in [3.63, 3.8) is 0 Å². The van der Waals surface area contributed by atoms with Crippen LogP contribution in [0.15, 0.2) is 24.3 Å². The minimum absolute atomic E-state index is 0.751. The Morgan fingerprint density at radius 1 is 1.33 bits per heavy atom. The van der Waals surface area contributed by atoms with E-state index in [2.05, 4.69) is 43.1 Å². The minimum Gasteiger partial charge on any atom is -0.358 e. The lowest BCUT2D eigenvalue weighted by Crippen LogP contribution is -2.16. The third-order valence-electron chi connectivity index (χ3n) is 4.59. The monoisotopic (exact) mass is 241 g/mol. The molecule has 1 N–H and O–H groups in total. The number of hydrogen-bond donors (Lipinski definition) is 1. The van der Waals surface area contributed by atoms with Gasteiger partial charge in [-0.15, -0.1) is 0 Å². The highest BCUT2D eigenvalue weighted by atomic mass is 14.7. The number of H-pyrrole nitrogens is 1. The summed E-state index contributed by atoms with van der Waals surface area (Å²) in [7, 11) is 0. The zero-order valence-electron chi connectivity index (χ0n) is 11.5. The van der Waals surface area contributed by atoms with Crippen LogP contribution < -0.4 is 0 Å². The van der Waals surface area contributed by atoms with Gasteiger partial charge in [-0.2, -0.15) is 0 Å². The molecule has 2 unspecified atom stereocenters. The number of aromatic amines is 1. The van der Waals surface area contributed by atoms with E-state index in [1.54, 1.807) is 11.3 Å². The number of aromatic nitrogens is 1. The van der Waals surface area contributed by atoms with Gasteiger partial charge in [-0.1, -0.05) is 44.9 Å². The molecule has 2 atom stereocenters. The van der Waals surface area contributed by atoms with Crippen LogP contribution in [0.4, 0.5) is 0 Å². The normalized spacial score (nSPS) is 20.9. The summed E-state index contributed by atoms with van der Waals surface area (Å²) < 4.78 is 0. The largest absolute Gasteiger partial charge is 0.358 e. The zero-order chi connectivity index (χ0) is 12.5. The molecule has 0 spiro atoms. The van der Waals surface area contributed by atoms with Crippen LogP contribution in [0.2, 0.25) is 0 Å². The Kier molecular flexibility index (Phi) is 3.15. The first kappa shape index (κ1) is 11.8. The second-order valence-corrected chi connectivity index (χ2v) is 5.83. The maximum atomic E-state index is 3.71. The number of aryl methyl sites for hydroxylation is 1. The molecule has 1 aliphatic rings. The Hall–Kier alpha value is -1.24. The van der Waals surface area contributed by atoms with Gasteiger partial charge in [-0.05, 0) is 36.8 Å². The van der Waals surface area contributed by atoms with Crippen molar-refractivity contribution in [1.82, 2.24) is 4.98 Å². The molecule has 1 heteroatoms. The maximum Gasteiger partial charge on any atom is 0.0459 e. The highest BCUT2D eigenvalue weighted by Crippen LogP contribution is 2.40. The highest BCUT2D eigenvalue weighted by Gasteiger charge is 2.27. The molecule has 1 heterocycles. The van der Waals surface area contributed by atoms with Crippen molar-refractivity contribution in [2.24, 2.45) is 5.92 Å². The van der Waals surface area contributed by atoms with E-state index >= 15 is 0 Å². The van der Waals surface area contributed by atoms with Crippen LogP contribution in [0.3, 0.4) is 0 Å². The van der Waals surface area contributed by atoms with E-state index in [9.17, 15) is 0 Å². The quantitative estimate of drug-likeness (QED) is 0.776. The van der Waals surface area contributed by atoms with E-state index in [-0.39, 0.29) is 0 Å². The van der Waals surface area contributed by atoms with Crippen LogP contribution >= 0.6 is 0 Å². The lowest BCUT2D eigenvalue weighted by atomic mass is 9.78. The van der Waals surface area contributed by atoms with E-state index in [1.807, 2.05) is 0 Å². The van der Waals surface area contributed by atoms with Gasteiger partial charge in [0.15, 0.2) is 0 Å². The number of rotatable bonds is 3. The summed E-state index contributed by atoms with van der Waals surface area (Å²) >= 11 is 0. The summed E-state index contributed by atoms with van der Waals surface area (Å²) in [4.78, 5) is 3.71. The van der Waals surface area contributed by atoms with Crippen LogP contribution in [0.5, 0.6) is 0 Å². The lowest BCUT2D eigenvalue weighted by Gasteiger charge is -2.28. The van der Waals surface area contributed by atoms with E-state index in [0.717, 1.165) is 11.8 Å². The van der Waals surface area contributed by atoms with E-state index in [4.69, 9.17) is 0 Å². The van der Waals surface area contributed by atoms with Gasteiger partial charge in [-0.25, -0.2) is 0 Å². The number of hydrogen-bond acceptors (Lipinski definition) is 0. The van der Waals surface area contributed by atoms with Crippen LogP contribution in [0, 0.1) is 5.92 Å². The van der Waals surface area contributed by atoms with E-state index < -0.39 is 0 Å². The molecule has 0 saturated heterocycles. The summed E-state index contributed by atoms with van der Waals surface area (Å²) in [5.41, 5.74) is 4.48. The molecular weight excluding hydrogens is 218 g/mol. The van der Waals surface area contributed by atoms with Gasteiger partial charge < -0.3 is 4.98 Å². The molecule has 1 aliphatic carbocycles. The van der Waals surface area contributed by atoms with Crippen LogP contribution in [0.1, 0.15) is 56.7 Å². The first-order valence-electron chi connectivity index (χ1n) is 7.40. The fraction of sp³-hybridized carbons (Fsp3) is 0.529. The molecule has 96 valence electrons. The van der Waals surface area contributed by atoms with Crippen molar-refractivity contribution in [3.05, 3.63) is 35.5 Å². The van der Waals surface area contributed by atoms with Gasteiger partial charge >= 0.3 is 0 Å². The van der Waals surface area contributed by atoms with Crippen molar-refractivity contribution in [2.75, 3.05) is 0 Å². The maximum absolute atomic E-state index is 3.71. The van der Waals surface area contributed by atoms with Gasteiger partial charge in [0.25, 0.3) is 0 Å². The molecule has 2 aromatic rings. The molecule has 0 radical (unpaired) electrons. The third kappa shape index (κ3) is 1.86. The predicted octanol–water partition coefficient (Wildman–Crippen LogP) is 5.02. The van der Waals surface area contributed by atoms with Crippen molar-refractivity contribution < 1.29 is 0 Å². The highest BCUT2D eigenvalue weighted by molar-refractivity contribution is 5.85. The second-order valence-electron chi connectivity index (χ2n) is 5.83. The fourth-order valence-corrected chi connectivity index (χ4v) is 3.68. The third-order valence-corrected chi connectivity index (χ3v) is 4.59. The van der Waals surface area contributed by atoms with Crippen LogP contribution in [0.25, 0.3) is 10.9 Å². The minimum atomic E-state index is 0.751. The van der Waals surface area contributed by atoms with E-state index in [1.165, 1.54) is 43.0 Å². The van der Waals surface area contributed by atoms with Crippen molar-refractivity contribution in [2.45, 2.75) is 51.9 Å². The first-order chi connectivity index (χ1) is 8.81. The van der Waals surface area contributed by atoms with E-state index in [0.29, 0.717) is 0 Å². The molecular formula is C17H23N. The van der Waals surface area contributed by atoms with Gasteiger partial charge in [0.1, 0.15) is 0 Å². The number of fused-ring (bicyclic) bond motifs is 3. The Bertz CT molecular complexity index is 538. The standard InChI is InChI=1S/C17H23N/c1-3-7-12(2)13-9-6-10-15-14-8-4-5-11-16(14)18-17(13)15/h4-5,8,11-13,18H,3,6-7,9-10H2,1-2H3. The summed E-state index contributed by atoms with van der Waals surface area (Å²) in [5, 5.41) is 1.46. The van der Waals surface area contributed by atoms with Crippen molar-refractivity contribution in [3.8, 4) is 0 Å². The lowest BCUT2D eigenvalue weighted by molar-refractivity contribution is 0.376. The molecule has 1 nitrogen and oxygen atoms in total. The Balaban J connectivity index is 2.05. The second kappa shape index (κ2) is 4.79. The number of para-hydroxylation sites is 1. The van der Waals surface area contributed by atoms with Crippen LogP contribution in [-0.4, -0.2) is 4.98 Å². The molecule has 18 heavy (non-hydrogen) atoms. The molecule has 0 saturated carbocycles. The van der Waals surface area contributed by atoms with Gasteiger partial charge in [0, 0.05) is 22.5 Å². The molecule has 0 aliphatic heterocycles. The van der Waals surface area contributed by atoms with Gasteiger partial charge in [0.05, 0.1) is 0 Å². The average molecular weight is 241 g/mol. The predicted molar refractivity (Wildman–Crippen MR) is 78.0 cm³/mol. The first-order valence-corrected chi connectivity index (χ1v) is 7.40. The van der Waals surface area contributed by atoms with Crippen molar-refractivity contribution >= 4 is 10.9 Å². The van der Waals surface area contributed by atoms with Gasteiger partial charge in [-0.3, -0.25) is 0 Å². The van der Waals surface area contributed by atoms with Gasteiger partial charge in [0.2, 0.25) is 0 Å². The van der Waals surface area contributed by atoms with Crippen LogP contribution in [-0.2, 0) is 6.42 Å². The molecule has 0 fully saturated rings. The number of benzene rings is 1. The molecule has 1 aromatic heterocycles. The Labute approximate surface area is 110 Å². The Morgan fingerprint density at radius 3 is 3.00 bits per heavy atom. The zero-order valence-corrected chi connectivity index (χ0v) is 11.5. The summed E-state index contributed by atoms with van der Waals surface area (Å²) in [6.07, 6.45) is 6.62. The summed E-state index contributed by atoms with van der Waals surface area (Å²) in [6.45, 7) is 4.72. The Morgan fingerprint density at radius 2 is 2.17 bits per heavy atom. The molecule has 1 aromatic carbocycles. The molecule has 0 amide bonds. The number of nitrogens with one attached hydrogen (secondary N) is 1. The topological polar surface area (TPSA) is 15.8 Å². The fourth-order valence-electron chi connectivity index (χ4n) is 3.68. The summed E-state index contributed by atoms with van der Waals surface area (Å²) in [5.74, 6) is 1.56. The average Bonchev–Trinajstić information content (AvgIpc) is 2.77. The molecule has 0 bridgehead atoms.